The highest BCUT2D eigenvalue weighted by atomic mass is 16.3. The van der Waals surface area contributed by atoms with E-state index < -0.39 is 16.6 Å². The lowest BCUT2D eigenvalue weighted by molar-refractivity contribution is 0.466. The van der Waals surface area contributed by atoms with Crippen molar-refractivity contribution < 1.29 is 5.11 Å². The van der Waals surface area contributed by atoms with E-state index >= 15 is 0 Å². The van der Waals surface area contributed by atoms with Gasteiger partial charge in [0.15, 0.2) is 5.75 Å². The average Bonchev–Trinajstić information content (AvgIpc) is 1.89. The monoisotopic (exact) mass is 143 g/mol. The Kier molecular flexibility index (Phi) is 2.18. The number of anilines is 1. The first-order chi connectivity index (χ1) is 4.18. The Hall–Kier alpha value is -1.32. The second-order valence-corrected chi connectivity index (χ2v) is 1.63. The van der Waals surface area contributed by atoms with Gasteiger partial charge in [-0.2, -0.15) is 0 Å². The van der Waals surface area contributed by atoms with Crippen LogP contribution in [0.4, 0.5) is 5.69 Å². The van der Waals surface area contributed by atoms with E-state index in [1.807, 2.05) is 0 Å². The molecule has 0 heterocycles. The van der Waals surface area contributed by atoms with Gasteiger partial charge in [0.25, 0.3) is 10.9 Å². The van der Waals surface area contributed by atoms with Crippen LogP contribution in [-0.4, -0.2) is 12.2 Å². The van der Waals surface area contributed by atoms with E-state index in [4.69, 9.17) is 5.11 Å². The SMILES string of the molecule is C.CNc1c(O)c(=O)c1=O. The highest BCUT2D eigenvalue weighted by molar-refractivity contribution is 5.60. The molecule has 56 valence electrons. The molecule has 0 atom stereocenters. The quantitative estimate of drug-likeness (QED) is 0.528. The summed E-state index contributed by atoms with van der Waals surface area (Å²) in [6.45, 7) is 0. The molecule has 1 rings (SSSR count). The lowest BCUT2D eigenvalue weighted by Crippen LogP contribution is -2.32. The normalized spacial score (nSPS) is 8.90. The van der Waals surface area contributed by atoms with Crippen molar-refractivity contribution in [2.24, 2.45) is 0 Å². The van der Waals surface area contributed by atoms with Crippen LogP contribution in [0.2, 0.25) is 0 Å². The number of rotatable bonds is 1. The third kappa shape index (κ3) is 0.775. The summed E-state index contributed by atoms with van der Waals surface area (Å²) in [5.41, 5.74) is -1.44. The van der Waals surface area contributed by atoms with E-state index in [2.05, 4.69) is 5.32 Å². The van der Waals surface area contributed by atoms with Crippen molar-refractivity contribution >= 4 is 5.69 Å². The van der Waals surface area contributed by atoms with Crippen LogP contribution in [0.1, 0.15) is 7.43 Å². The zero-order chi connectivity index (χ0) is 7.02. The van der Waals surface area contributed by atoms with Crippen molar-refractivity contribution in [1.29, 1.82) is 0 Å². The molecule has 0 aromatic heterocycles. The number of aromatic hydroxyl groups is 1. The molecular formula is C6H9NO3. The zero-order valence-electron chi connectivity index (χ0n) is 4.76. The molecule has 0 saturated carbocycles. The van der Waals surface area contributed by atoms with E-state index in [0.717, 1.165) is 0 Å². The summed E-state index contributed by atoms with van der Waals surface area (Å²) in [6, 6.07) is 0. The summed E-state index contributed by atoms with van der Waals surface area (Å²) < 4.78 is 0. The molecule has 0 spiro atoms. The van der Waals surface area contributed by atoms with Crippen molar-refractivity contribution in [3.63, 3.8) is 0 Å². The molecule has 0 radical (unpaired) electrons. The minimum Gasteiger partial charge on any atom is -0.502 e. The number of hydrogen-bond acceptors (Lipinski definition) is 4. The van der Waals surface area contributed by atoms with Gasteiger partial charge in [-0.1, -0.05) is 7.43 Å². The first-order valence-electron chi connectivity index (χ1n) is 2.38. The molecule has 0 bridgehead atoms. The van der Waals surface area contributed by atoms with Crippen LogP contribution in [0.5, 0.6) is 5.75 Å². The molecular weight excluding hydrogens is 134 g/mol. The van der Waals surface area contributed by atoms with Gasteiger partial charge in [-0.25, -0.2) is 0 Å². The minimum atomic E-state index is -0.806. The first kappa shape index (κ1) is 8.68. The Bertz CT molecular complexity index is 296. The Morgan fingerprint density at radius 2 is 1.80 bits per heavy atom. The van der Waals surface area contributed by atoms with Crippen LogP contribution in [0.3, 0.4) is 0 Å². The summed E-state index contributed by atoms with van der Waals surface area (Å²) in [5, 5.41) is 11.0. The van der Waals surface area contributed by atoms with Gasteiger partial charge in [-0.05, 0) is 0 Å². The molecule has 4 nitrogen and oxygen atoms in total. The lowest BCUT2D eigenvalue weighted by atomic mass is 10.2. The fourth-order valence-corrected chi connectivity index (χ4v) is 0.612. The highest BCUT2D eigenvalue weighted by Crippen LogP contribution is 2.12. The van der Waals surface area contributed by atoms with E-state index in [1.165, 1.54) is 7.05 Å². The van der Waals surface area contributed by atoms with Gasteiger partial charge in [-0.15, -0.1) is 0 Å². The minimum absolute atomic E-state index is 0. The fraction of sp³-hybridized carbons (Fsp3) is 0.333. The van der Waals surface area contributed by atoms with E-state index in [9.17, 15) is 9.59 Å². The summed E-state index contributed by atoms with van der Waals surface area (Å²) in [6.07, 6.45) is 0. The largest absolute Gasteiger partial charge is 0.502 e. The smallest absolute Gasteiger partial charge is 0.271 e. The molecule has 0 aliphatic heterocycles. The lowest BCUT2D eigenvalue weighted by Gasteiger charge is -2.01. The predicted octanol–water partition coefficient (Wildman–Crippen LogP) is -0.334. The van der Waals surface area contributed by atoms with Gasteiger partial charge in [0.2, 0.25) is 0 Å². The van der Waals surface area contributed by atoms with Crippen molar-refractivity contribution in [3.05, 3.63) is 20.4 Å². The first-order valence-corrected chi connectivity index (χ1v) is 2.38. The topological polar surface area (TPSA) is 66.4 Å². The molecule has 0 unspecified atom stereocenters. The Morgan fingerprint density at radius 3 is 2.00 bits per heavy atom. The molecule has 4 heteroatoms. The van der Waals surface area contributed by atoms with Crippen molar-refractivity contribution in [2.45, 2.75) is 7.43 Å². The average molecular weight is 143 g/mol. The molecule has 10 heavy (non-hydrogen) atoms. The fourth-order valence-electron chi connectivity index (χ4n) is 0.612. The van der Waals surface area contributed by atoms with Gasteiger partial charge in [0.1, 0.15) is 5.69 Å². The maximum absolute atomic E-state index is 10.4. The van der Waals surface area contributed by atoms with E-state index in [-0.39, 0.29) is 13.1 Å². The zero-order valence-corrected chi connectivity index (χ0v) is 4.76. The summed E-state index contributed by atoms with van der Waals surface area (Å²) in [7, 11) is 1.47. The molecule has 0 aliphatic carbocycles. The maximum atomic E-state index is 10.4. The van der Waals surface area contributed by atoms with Crippen LogP contribution >= 0.6 is 0 Å². The van der Waals surface area contributed by atoms with Crippen molar-refractivity contribution in [3.8, 4) is 5.75 Å². The van der Waals surface area contributed by atoms with Crippen molar-refractivity contribution in [2.75, 3.05) is 12.4 Å². The van der Waals surface area contributed by atoms with E-state index in [1.54, 1.807) is 0 Å². The third-order valence-corrected chi connectivity index (χ3v) is 1.14. The van der Waals surface area contributed by atoms with Crippen LogP contribution in [0.15, 0.2) is 9.59 Å². The summed E-state index contributed by atoms with van der Waals surface area (Å²) in [4.78, 5) is 20.6. The van der Waals surface area contributed by atoms with Gasteiger partial charge in [0, 0.05) is 7.05 Å². The Balaban J connectivity index is 0.000000810. The van der Waals surface area contributed by atoms with Gasteiger partial charge in [-0.3, -0.25) is 9.59 Å². The molecule has 1 aromatic carbocycles. The Labute approximate surface area is 57.8 Å². The molecule has 1 aromatic rings. The predicted molar refractivity (Wildman–Crippen MR) is 39.3 cm³/mol. The van der Waals surface area contributed by atoms with Crippen LogP contribution in [0.25, 0.3) is 0 Å². The highest BCUT2D eigenvalue weighted by Gasteiger charge is 2.17. The molecule has 0 saturated heterocycles. The van der Waals surface area contributed by atoms with Crippen LogP contribution in [-0.2, 0) is 0 Å². The number of hydrogen-bond donors (Lipinski definition) is 2. The molecule has 0 aliphatic rings. The summed E-state index contributed by atoms with van der Waals surface area (Å²) in [5.74, 6) is -0.456. The molecule has 0 amide bonds. The third-order valence-electron chi connectivity index (χ3n) is 1.14. The van der Waals surface area contributed by atoms with Crippen LogP contribution < -0.4 is 16.2 Å². The second kappa shape index (κ2) is 2.51. The van der Waals surface area contributed by atoms with Crippen LogP contribution in [0, 0.1) is 0 Å². The number of nitrogens with one attached hydrogen (secondary N) is 1. The van der Waals surface area contributed by atoms with Gasteiger partial charge < -0.3 is 10.4 Å². The maximum Gasteiger partial charge on any atom is 0.271 e. The second-order valence-electron chi connectivity index (χ2n) is 1.63. The molecule has 0 fully saturated rings. The summed E-state index contributed by atoms with van der Waals surface area (Å²) >= 11 is 0. The van der Waals surface area contributed by atoms with Gasteiger partial charge >= 0.3 is 0 Å². The van der Waals surface area contributed by atoms with Crippen molar-refractivity contribution in [1.82, 2.24) is 0 Å². The van der Waals surface area contributed by atoms with E-state index in [0.29, 0.717) is 0 Å². The molecule has 2 N–H and O–H groups in total. The standard InChI is InChI=1S/C5H5NO3.CH4/c1-6-2-3(7)5(9)4(2)8;/h6-7H,1H3;1H4. The Morgan fingerprint density at radius 1 is 1.30 bits per heavy atom. The van der Waals surface area contributed by atoms with Gasteiger partial charge in [0.05, 0.1) is 0 Å².